The largest absolute Gasteiger partial charge is 0.477 e. The Bertz CT molecular complexity index is 1480. The SMILES string of the molecule is O=CC1Nc2cc([N+](=O)[O-])c(-n3ccc(=O)c(NC(=O)c4ccc(Br)cc4)c3)cc2N=C1C(=O)O. The van der Waals surface area contributed by atoms with E-state index >= 15 is 0 Å². The third-order valence-corrected chi connectivity index (χ3v) is 5.57. The van der Waals surface area contributed by atoms with Crippen molar-refractivity contribution in [2.75, 3.05) is 10.6 Å². The van der Waals surface area contributed by atoms with Gasteiger partial charge in [-0.2, -0.15) is 0 Å². The summed E-state index contributed by atoms with van der Waals surface area (Å²) in [5.74, 6) is -1.99. The van der Waals surface area contributed by atoms with Gasteiger partial charge in [-0.05, 0) is 30.3 Å². The Morgan fingerprint density at radius 3 is 2.57 bits per heavy atom. The number of hydrogen-bond acceptors (Lipinski definition) is 8. The Morgan fingerprint density at radius 2 is 1.94 bits per heavy atom. The van der Waals surface area contributed by atoms with Gasteiger partial charge >= 0.3 is 5.97 Å². The van der Waals surface area contributed by atoms with E-state index in [4.69, 9.17) is 0 Å². The molecule has 1 aromatic heterocycles. The highest BCUT2D eigenvalue weighted by molar-refractivity contribution is 9.10. The van der Waals surface area contributed by atoms with Crippen molar-refractivity contribution in [1.29, 1.82) is 0 Å². The zero-order valence-electron chi connectivity index (χ0n) is 17.5. The summed E-state index contributed by atoms with van der Waals surface area (Å²) in [7, 11) is 0. The minimum absolute atomic E-state index is 0.0419. The molecule has 35 heavy (non-hydrogen) atoms. The van der Waals surface area contributed by atoms with E-state index in [2.05, 4.69) is 31.6 Å². The number of fused-ring (bicyclic) bond motifs is 1. The van der Waals surface area contributed by atoms with Crippen LogP contribution < -0.4 is 16.1 Å². The topological polar surface area (TPSA) is 173 Å². The van der Waals surface area contributed by atoms with Crippen LogP contribution in [0.2, 0.25) is 0 Å². The standard InChI is InChI=1S/C22H14BrN5O7/c23-12-3-1-11(2-4-12)21(31)26-15-9-27(6-5-19(15)30)17-7-14-13(8-18(17)28(34)35)24-16(10-29)20(25-14)22(32)33/h1-10,16,24H,(H,26,31)(H,32,33). The van der Waals surface area contributed by atoms with Crippen LogP contribution in [0.15, 0.2) is 69.1 Å². The van der Waals surface area contributed by atoms with Gasteiger partial charge < -0.3 is 25.1 Å². The van der Waals surface area contributed by atoms with Gasteiger partial charge in [0.1, 0.15) is 23.7 Å². The van der Waals surface area contributed by atoms with E-state index in [1.165, 1.54) is 23.0 Å². The number of nitrogens with one attached hydrogen (secondary N) is 2. The van der Waals surface area contributed by atoms with Crippen molar-refractivity contribution in [3.63, 3.8) is 0 Å². The Kier molecular flexibility index (Phi) is 6.25. The lowest BCUT2D eigenvalue weighted by atomic mass is 10.1. The van der Waals surface area contributed by atoms with E-state index in [0.29, 0.717) is 6.29 Å². The number of anilines is 2. The fourth-order valence-corrected chi connectivity index (χ4v) is 3.63. The van der Waals surface area contributed by atoms with Crippen LogP contribution in [0.25, 0.3) is 5.69 Å². The van der Waals surface area contributed by atoms with E-state index in [1.54, 1.807) is 24.3 Å². The van der Waals surface area contributed by atoms with Crippen molar-refractivity contribution in [2.45, 2.75) is 6.04 Å². The summed E-state index contributed by atoms with van der Waals surface area (Å²) < 4.78 is 2.00. The number of carbonyl (C=O) groups is 3. The quantitative estimate of drug-likeness (QED) is 0.243. The smallest absolute Gasteiger partial charge is 0.352 e. The zero-order valence-corrected chi connectivity index (χ0v) is 19.1. The van der Waals surface area contributed by atoms with Crippen LogP contribution >= 0.6 is 15.9 Å². The second kappa shape index (κ2) is 9.30. The number of nitro benzene ring substituents is 1. The van der Waals surface area contributed by atoms with Crippen LogP contribution in [0.5, 0.6) is 0 Å². The lowest BCUT2D eigenvalue weighted by Crippen LogP contribution is -2.38. The van der Waals surface area contributed by atoms with Gasteiger partial charge in [-0.15, -0.1) is 0 Å². The van der Waals surface area contributed by atoms with Crippen molar-refractivity contribution >= 4 is 62.6 Å². The number of aldehydes is 1. The Hall–Kier alpha value is -4.65. The lowest BCUT2D eigenvalue weighted by molar-refractivity contribution is -0.384. The minimum Gasteiger partial charge on any atom is -0.477 e. The minimum atomic E-state index is -1.43. The first-order chi connectivity index (χ1) is 16.7. The number of benzene rings is 2. The van der Waals surface area contributed by atoms with Crippen molar-refractivity contribution in [1.82, 2.24) is 4.57 Å². The number of carboxylic acid groups (broad SMARTS) is 1. The molecular formula is C22H14BrN5O7. The normalized spacial score (nSPS) is 14.2. The first kappa shape index (κ1) is 23.5. The maximum absolute atomic E-state index is 12.6. The average Bonchev–Trinajstić information content (AvgIpc) is 2.83. The number of aromatic nitrogens is 1. The predicted octanol–water partition coefficient (Wildman–Crippen LogP) is 2.91. The summed E-state index contributed by atoms with van der Waals surface area (Å²) in [6.07, 6.45) is 2.80. The number of carbonyl (C=O) groups excluding carboxylic acids is 2. The van der Waals surface area contributed by atoms with Crippen molar-refractivity contribution in [3.8, 4) is 5.69 Å². The molecule has 1 aliphatic heterocycles. The van der Waals surface area contributed by atoms with Crippen molar-refractivity contribution < 1.29 is 24.4 Å². The zero-order chi connectivity index (χ0) is 25.3. The second-order valence-electron chi connectivity index (χ2n) is 7.27. The molecule has 0 spiro atoms. The first-order valence-electron chi connectivity index (χ1n) is 9.83. The highest BCUT2D eigenvalue weighted by atomic mass is 79.9. The molecule has 12 nitrogen and oxygen atoms in total. The van der Waals surface area contributed by atoms with Gasteiger partial charge in [0.05, 0.1) is 16.3 Å². The molecule has 1 amide bonds. The number of nitro groups is 1. The Labute approximate surface area is 204 Å². The summed E-state index contributed by atoms with van der Waals surface area (Å²) in [6.45, 7) is 0. The summed E-state index contributed by atoms with van der Waals surface area (Å²) in [5.41, 5.74) is -1.19. The fourth-order valence-electron chi connectivity index (χ4n) is 3.36. The van der Waals surface area contributed by atoms with E-state index in [1.807, 2.05) is 0 Å². The second-order valence-corrected chi connectivity index (χ2v) is 8.18. The number of nitrogens with zero attached hydrogens (tertiary/aromatic N) is 3. The monoisotopic (exact) mass is 539 g/mol. The molecule has 1 aliphatic rings. The van der Waals surface area contributed by atoms with Gasteiger partial charge in [0.15, 0.2) is 5.71 Å². The van der Waals surface area contributed by atoms with E-state index in [9.17, 15) is 34.4 Å². The van der Waals surface area contributed by atoms with Crippen LogP contribution in [0.1, 0.15) is 10.4 Å². The van der Waals surface area contributed by atoms with E-state index in [-0.39, 0.29) is 28.3 Å². The molecule has 0 aliphatic carbocycles. The van der Waals surface area contributed by atoms with Crippen LogP contribution in [-0.2, 0) is 9.59 Å². The number of amides is 1. The summed E-state index contributed by atoms with van der Waals surface area (Å²) in [6, 6.07) is 8.61. The molecule has 2 aromatic carbocycles. The number of pyridine rings is 1. The highest BCUT2D eigenvalue weighted by Crippen LogP contribution is 2.38. The van der Waals surface area contributed by atoms with Crippen LogP contribution in [0, 0.1) is 10.1 Å². The molecule has 1 unspecified atom stereocenters. The molecule has 4 rings (SSSR count). The molecule has 3 aromatic rings. The van der Waals surface area contributed by atoms with Gasteiger partial charge in [-0.1, -0.05) is 15.9 Å². The van der Waals surface area contributed by atoms with Crippen molar-refractivity contribution in [2.24, 2.45) is 4.99 Å². The van der Waals surface area contributed by atoms with Crippen LogP contribution in [-0.4, -0.2) is 44.5 Å². The number of carboxylic acids is 1. The molecule has 1 atom stereocenters. The predicted molar refractivity (Wildman–Crippen MR) is 129 cm³/mol. The van der Waals surface area contributed by atoms with Crippen LogP contribution in [0.4, 0.5) is 22.7 Å². The molecular weight excluding hydrogens is 526 g/mol. The van der Waals surface area contributed by atoms with Gasteiger partial charge in [-0.3, -0.25) is 19.7 Å². The van der Waals surface area contributed by atoms with E-state index < -0.39 is 39.7 Å². The van der Waals surface area contributed by atoms with Gasteiger partial charge in [-0.25, -0.2) is 9.79 Å². The molecule has 0 radical (unpaired) electrons. The maximum atomic E-state index is 12.6. The first-order valence-corrected chi connectivity index (χ1v) is 10.6. The molecule has 13 heteroatoms. The fraction of sp³-hybridized carbons (Fsp3) is 0.0455. The number of rotatable bonds is 6. The number of aliphatic carboxylic acids is 1. The molecule has 176 valence electrons. The van der Waals surface area contributed by atoms with Crippen LogP contribution in [0.3, 0.4) is 0 Å². The Morgan fingerprint density at radius 1 is 1.23 bits per heavy atom. The summed E-state index contributed by atoms with van der Waals surface area (Å²) in [4.78, 5) is 62.7. The molecule has 0 saturated heterocycles. The maximum Gasteiger partial charge on any atom is 0.352 e. The number of aliphatic imine (C=N–C) groups is 1. The third-order valence-electron chi connectivity index (χ3n) is 5.04. The molecule has 2 heterocycles. The summed E-state index contributed by atoms with van der Waals surface area (Å²) in [5, 5.41) is 26.2. The summed E-state index contributed by atoms with van der Waals surface area (Å²) >= 11 is 3.27. The highest BCUT2D eigenvalue weighted by Gasteiger charge is 2.30. The number of halogens is 1. The molecule has 3 N–H and O–H groups in total. The average molecular weight is 540 g/mol. The number of hydrogen-bond donors (Lipinski definition) is 3. The third kappa shape index (κ3) is 4.70. The van der Waals surface area contributed by atoms with Gasteiger partial charge in [0.2, 0.25) is 5.43 Å². The Balaban J connectivity index is 1.78. The lowest BCUT2D eigenvalue weighted by Gasteiger charge is -2.22. The molecule has 0 bridgehead atoms. The molecule has 0 fully saturated rings. The van der Waals surface area contributed by atoms with E-state index in [0.717, 1.165) is 16.6 Å². The van der Waals surface area contributed by atoms with Gasteiger partial charge in [0.25, 0.3) is 11.6 Å². The van der Waals surface area contributed by atoms with Crippen molar-refractivity contribution in [3.05, 3.63) is 85.2 Å². The van der Waals surface area contributed by atoms with Gasteiger partial charge in [0, 0.05) is 34.6 Å². The molecule has 0 saturated carbocycles.